The maximum absolute atomic E-state index is 13.8. The van der Waals surface area contributed by atoms with Crippen LogP contribution in [0.15, 0.2) is 60.7 Å². The molecule has 0 N–H and O–H groups in total. The van der Waals surface area contributed by atoms with E-state index in [1.807, 2.05) is 24.3 Å². The molecule has 3 rings (SSSR count). The molecule has 0 amide bonds. The highest BCUT2D eigenvalue weighted by Gasteiger charge is 2.07. The Balaban J connectivity index is 0.00000243. The van der Waals surface area contributed by atoms with Gasteiger partial charge < -0.3 is 0 Å². The van der Waals surface area contributed by atoms with E-state index in [0.717, 1.165) is 17.5 Å². The van der Waals surface area contributed by atoms with Crippen LogP contribution in [0.1, 0.15) is 36.6 Å². The van der Waals surface area contributed by atoms with Gasteiger partial charge in [0.15, 0.2) is 0 Å². The predicted octanol–water partition coefficient (Wildman–Crippen LogP) is 6.54. The molecular formula is C24H22F2. The average Bonchev–Trinajstić information content (AvgIpc) is 2.61. The Labute approximate surface area is 154 Å². The van der Waals surface area contributed by atoms with Crippen LogP contribution >= 0.6 is 0 Å². The Hall–Kier alpha value is -2.92. The molecule has 0 spiro atoms. The van der Waals surface area contributed by atoms with Crippen molar-refractivity contribution in [2.24, 2.45) is 0 Å². The van der Waals surface area contributed by atoms with Crippen LogP contribution in [-0.4, -0.2) is 0 Å². The molecule has 0 aliphatic rings. The maximum atomic E-state index is 13.8. The lowest BCUT2D eigenvalue weighted by molar-refractivity contribution is 0.575. The molecule has 26 heavy (non-hydrogen) atoms. The minimum atomic E-state index is -0.627. The Bertz CT molecular complexity index is 917. The number of hydrogen-bond donors (Lipinski definition) is 0. The lowest BCUT2D eigenvalue weighted by Crippen LogP contribution is -1.91. The quantitative estimate of drug-likeness (QED) is 0.461. The van der Waals surface area contributed by atoms with Crippen molar-refractivity contribution >= 4 is 0 Å². The van der Waals surface area contributed by atoms with Crippen LogP contribution in [-0.2, 0) is 6.42 Å². The second kappa shape index (κ2) is 8.45. The molecule has 132 valence electrons. The van der Waals surface area contributed by atoms with Crippen LogP contribution in [0, 0.1) is 30.4 Å². The molecule has 0 aliphatic heterocycles. The molecule has 0 nitrogen and oxygen atoms in total. The molecular weight excluding hydrogens is 326 g/mol. The fourth-order valence-corrected chi connectivity index (χ4v) is 2.63. The van der Waals surface area contributed by atoms with Crippen molar-refractivity contribution in [1.82, 2.24) is 0 Å². The summed E-state index contributed by atoms with van der Waals surface area (Å²) in [4.78, 5) is 0. The molecule has 0 bridgehead atoms. The molecule has 0 aliphatic carbocycles. The fraction of sp³-hybridized carbons (Fsp3) is 0.167. The lowest BCUT2D eigenvalue weighted by Gasteiger charge is -2.03. The topological polar surface area (TPSA) is 0 Å². The Morgan fingerprint density at radius 2 is 1.27 bits per heavy atom. The fourth-order valence-electron chi connectivity index (χ4n) is 2.63. The van der Waals surface area contributed by atoms with E-state index in [0.29, 0.717) is 11.1 Å². The molecule has 0 radical (unpaired) electrons. The van der Waals surface area contributed by atoms with Gasteiger partial charge in [0.2, 0.25) is 0 Å². The maximum Gasteiger partial charge on any atom is 0.142 e. The first-order valence-electron chi connectivity index (χ1n) is 8.24. The highest BCUT2D eigenvalue weighted by atomic mass is 19.1. The number of rotatable bonds is 2. The summed E-state index contributed by atoms with van der Waals surface area (Å²) in [6.45, 7) is 3.78. The van der Waals surface area contributed by atoms with Gasteiger partial charge in [-0.3, -0.25) is 0 Å². The highest BCUT2D eigenvalue weighted by molar-refractivity contribution is 5.64. The number of hydrogen-bond acceptors (Lipinski definition) is 0. The van der Waals surface area contributed by atoms with E-state index in [1.54, 1.807) is 6.92 Å². The summed E-state index contributed by atoms with van der Waals surface area (Å²) in [5.74, 6) is 4.17. The molecule has 0 atom stereocenters. The highest BCUT2D eigenvalue weighted by Crippen LogP contribution is 2.20. The van der Waals surface area contributed by atoms with E-state index >= 15 is 0 Å². The van der Waals surface area contributed by atoms with Crippen molar-refractivity contribution in [3.8, 4) is 23.0 Å². The van der Waals surface area contributed by atoms with Gasteiger partial charge in [-0.15, -0.1) is 0 Å². The first-order valence-corrected chi connectivity index (χ1v) is 8.24. The standard InChI is InChI=1S/C23H18F2.CH4/c1-3-17-4-9-19(10-5-17)20-11-6-18(7-12-20)8-13-21-22(24)14-16(2)15-23(21)25;/h4-7,9-12,14-15H,3H2,1-2H3;1H4. The average molecular weight is 348 g/mol. The smallest absolute Gasteiger partial charge is 0.142 e. The predicted molar refractivity (Wildman–Crippen MR) is 105 cm³/mol. The number of benzene rings is 3. The molecule has 0 aromatic heterocycles. The van der Waals surface area contributed by atoms with Gasteiger partial charge in [-0.2, -0.15) is 0 Å². The van der Waals surface area contributed by atoms with Crippen LogP contribution in [0.5, 0.6) is 0 Å². The Morgan fingerprint density at radius 1 is 0.769 bits per heavy atom. The lowest BCUT2D eigenvalue weighted by atomic mass is 10.0. The van der Waals surface area contributed by atoms with Crippen molar-refractivity contribution < 1.29 is 8.78 Å². The van der Waals surface area contributed by atoms with Crippen molar-refractivity contribution in [2.45, 2.75) is 27.7 Å². The molecule has 0 heterocycles. The van der Waals surface area contributed by atoms with Gasteiger partial charge in [-0.1, -0.05) is 62.6 Å². The van der Waals surface area contributed by atoms with Crippen LogP contribution in [0.25, 0.3) is 11.1 Å². The minimum absolute atomic E-state index is 0. The van der Waals surface area contributed by atoms with Gasteiger partial charge in [0, 0.05) is 5.56 Å². The third kappa shape index (κ3) is 4.37. The van der Waals surface area contributed by atoms with Crippen molar-refractivity contribution in [3.63, 3.8) is 0 Å². The zero-order valence-corrected chi connectivity index (χ0v) is 14.2. The van der Waals surface area contributed by atoms with Gasteiger partial charge in [0.25, 0.3) is 0 Å². The van der Waals surface area contributed by atoms with E-state index in [2.05, 4.69) is 43.0 Å². The SMILES string of the molecule is C.CCc1ccc(-c2ccc(C#Cc3c(F)cc(C)cc3F)cc2)cc1. The largest absolute Gasteiger partial charge is 0.206 e. The van der Waals surface area contributed by atoms with Crippen LogP contribution < -0.4 is 0 Å². The molecule has 0 saturated carbocycles. The third-order valence-electron chi connectivity index (χ3n) is 4.10. The molecule has 2 heteroatoms. The molecule has 0 unspecified atom stereocenters. The Morgan fingerprint density at radius 3 is 1.77 bits per heavy atom. The number of aryl methyl sites for hydroxylation is 2. The first kappa shape index (κ1) is 19.4. The molecule has 0 saturated heterocycles. The van der Waals surface area contributed by atoms with E-state index in [9.17, 15) is 8.78 Å². The Kier molecular flexibility index (Phi) is 6.31. The van der Waals surface area contributed by atoms with Gasteiger partial charge in [-0.05, 0) is 59.9 Å². The first-order chi connectivity index (χ1) is 12.1. The van der Waals surface area contributed by atoms with E-state index in [-0.39, 0.29) is 13.0 Å². The summed E-state index contributed by atoms with van der Waals surface area (Å²) in [6, 6.07) is 18.7. The van der Waals surface area contributed by atoms with E-state index < -0.39 is 11.6 Å². The normalized spacial score (nSPS) is 9.85. The summed E-state index contributed by atoms with van der Waals surface area (Å²) in [6.07, 6.45) is 1.01. The molecule has 3 aromatic rings. The van der Waals surface area contributed by atoms with Crippen LogP contribution in [0.4, 0.5) is 8.78 Å². The third-order valence-corrected chi connectivity index (χ3v) is 4.10. The molecule has 0 fully saturated rings. The summed E-state index contributed by atoms with van der Waals surface area (Å²) in [5.41, 5.74) is 4.58. The zero-order chi connectivity index (χ0) is 17.8. The minimum Gasteiger partial charge on any atom is -0.206 e. The second-order valence-electron chi connectivity index (χ2n) is 5.98. The van der Waals surface area contributed by atoms with Crippen LogP contribution in [0.3, 0.4) is 0 Å². The van der Waals surface area contributed by atoms with Crippen molar-refractivity contribution in [3.05, 3.63) is 94.6 Å². The second-order valence-corrected chi connectivity index (χ2v) is 5.98. The molecule has 3 aromatic carbocycles. The summed E-state index contributed by atoms with van der Waals surface area (Å²) < 4.78 is 27.6. The van der Waals surface area contributed by atoms with Gasteiger partial charge in [0.05, 0.1) is 5.56 Å². The summed E-state index contributed by atoms with van der Waals surface area (Å²) in [5, 5.41) is 0. The van der Waals surface area contributed by atoms with Crippen LogP contribution in [0.2, 0.25) is 0 Å². The number of halogens is 2. The van der Waals surface area contributed by atoms with E-state index in [1.165, 1.54) is 17.7 Å². The van der Waals surface area contributed by atoms with Gasteiger partial charge >= 0.3 is 0 Å². The van der Waals surface area contributed by atoms with Crippen molar-refractivity contribution in [2.75, 3.05) is 0 Å². The van der Waals surface area contributed by atoms with Gasteiger partial charge in [0.1, 0.15) is 11.6 Å². The summed E-state index contributed by atoms with van der Waals surface area (Å²) in [7, 11) is 0. The van der Waals surface area contributed by atoms with Crippen molar-refractivity contribution in [1.29, 1.82) is 0 Å². The van der Waals surface area contributed by atoms with E-state index in [4.69, 9.17) is 0 Å². The summed E-state index contributed by atoms with van der Waals surface area (Å²) >= 11 is 0. The monoisotopic (exact) mass is 348 g/mol. The zero-order valence-electron chi connectivity index (χ0n) is 14.2. The van der Waals surface area contributed by atoms with Gasteiger partial charge in [-0.25, -0.2) is 8.78 Å².